The second-order valence-electron chi connectivity index (χ2n) is 7.53. The molecule has 2 aliphatic carbocycles. The van der Waals surface area contributed by atoms with E-state index in [0.29, 0.717) is 12.0 Å². The summed E-state index contributed by atoms with van der Waals surface area (Å²) < 4.78 is 0. The van der Waals surface area contributed by atoms with Gasteiger partial charge in [-0.25, -0.2) is 0 Å². The minimum absolute atomic E-state index is 0.0851. The molecule has 0 aromatic carbocycles. The Morgan fingerprint density at radius 3 is 2.65 bits per heavy atom. The Morgan fingerprint density at radius 1 is 1.40 bits per heavy atom. The monoisotopic (exact) mass is 282 g/mol. The van der Waals surface area contributed by atoms with Crippen LogP contribution in [0.3, 0.4) is 0 Å². The van der Waals surface area contributed by atoms with Crippen LogP contribution in [0.2, 0.25) is 0 Å². The van der Waals surface area contributed by atoms with Crippen LogP contribution in [0.5, 0.6) is 0 Å². The van der Waals surface area contributed by atoms with E-state index >= 15 is 0 Å². The Kier molecular flexibility index (Phi) is 3.84. The van der Waals surface area contributed by atoms with E-state index < -0.39 is 5.09 Å². The van der Waals surface area contributed by atoms with Gasteiger partial charge in [0, 0.05) is 5.41 Å². The summed E-state index contributed by atoms with van der Waals surface area (Å²) in [6.45, 7) is 7.40. The number of nitrogens with two attached hydrogens (primary N) is 1. The molecule has 20 heavy (non-hydrogen) atoms. The molecule has 1 fully saturated rings. The fraction of sp³-hybridized carbons (Fsp3) is 0.867. The summed E-state index contributed by atoms with van der Waals surface area (Å²) in [4.78, 5) is 15.1. The van der Waals surface area contributed by atoms with Crippen molar-refractivity contribution in [3.63, 3.8) is 0 Å². The van der Waals surface area contributed by atoms with E-state index in [1.807, 2.05) is 0 Å². The third-order valence-electron chi connectivity index (χ3n) is 5.18. The third kappa shape index (κ3) is 2.97. The largest absolute Gasteiger partial charge is 0.330 e. The lowest BCUT2D eigenvalue weighted by atomic mass is 9.52. The Balaban J connectivity index is 2.26. The van der Waals surface area contributed by atoms with E-state index in [-0.39, 0.29) is 17.4 Å². The molecule has 2 bridgehead atoms. The Bertz CT molecular complexity index is 437. The van der Waals surface area contributed by atoms with Crippen LogP contribution in [0, 0.1) is 26.4 Å². The minimum Gasteiger partial charge on any atom is -0.330 e. The van der Waals surface area contributed by atoms with E-state index in [1.165, 1.54) is 5.57 Å². The highest BCUT2D eigenvalue weighted by Crippen LogP contribution is 2.58. The van der Waals surface area contributed by atoms with Gasteiger partial charge in [-0.05, 0) is 43.1 Å². The molecular weight excluding hydrogens is 256 g/mol. The van der Waals surface area contributed by atoms with E-state index in [0.717, 1.165) is 32.1 Å². The molecule has 0 radical (unpaired) electrons. The molecular formula is C15H26N2O3. The molecule has 5 nitrogen and oxygen atoms in total. The Labute approximate surface area is 120 Å². The maximum Gasteiger partial charge on any atom is 0.294 e. The summed E-state index contributed by atoms with van der Waals surface area (Å²) in [5.41, 5.74) is 7.64. The number of allylic oxidation sites excluding steroid dienone is 1. The van der Waals surface area contributed by atoms with E-state index in [2.05, 4.69) is 31.7 Å². The van der Waals surface area contributed by atoms with Crippen molar-refractivity contribution in [2.75, 3.05) is 13.2 Å². The van der Waals surface area contributed by atoms with Crippen molar-refractivity contribution in [1.82, 2.24) is 0 Å². The predicted octanol–water partition coefficient (Wildman–Crippen LogP) is 3.08. The van der Waals surface area contributed by atoms with Gasteiger partial charge in [0.2, 0.25) is 0 Å². The van der Waals surface area contributed by atoms with Crippen molar-refractivity contribution in [3.8, 4) is 0 Å². The fourth-order valence-corrected chi connectivity index (χ4v) is 4.51. The third-order valence-corrected chi connectivity index (χ3v) is 5.18. The molecule has 0 aromatic heterocycles. The summed E-state index contributed by atoms with van der Waals surface area (Å²) in [7, 11) is 0. The van der Waals surface area contributed by atoms with Gasteiger partial charge in [-0.15, -0.1) is 10.1 Å². The zero-order valence-electron chi connectivity index (χ0n) is 12.8. The zero-order chi connectivity index (χ0) is 15.0. The first-order valence-electron chi connectivity index (χ1n) is 7.42. The highest BCUT2D eigenvalue weighted by molar-refractivity contribution is 5.23. The SMILES string of the molecule is CCC1(C)CC2=CC(C)(CO[N+](=O)[O-])CC(CN)(C2)C1. The summed E-state index contributed by atoms with van der Waals surface area (Å²) in [5.74, 6) is 0. The lowest BCUT2D eigenvalue weighted by Gasteiger charge is -2.53. The molecule has 0 heterocycles. The van der Waals surface area contributed by atoms with Gasteiger partial charge in [-0.3, -0.25) is 0 Å². The van der Waals surface area contributed by atoms with Crippen molar-refractivity contribution in [2.45, 2.75) is 52.9 Å². The summed E-state index contributed by atoms with van der Waals surface area (Å²) in [5, 5.41) is 9.77. The highest BCUT2D eigenvalue weighted by Gasteiger charge is 2.49. The van der Waals surface area contributed by atoms with Crippen LogP contribution in [0.15, 0.2) is 11.6 Å². The van der Waals surface area contributed by atoms with Gasteiger partial charge in [0.1, 0.15) is 6.61 Å². The van der Waals surface area contributed by atoms with Gasteiger partial charge in [0.25, 0.3) is 5.09 Å². The minimum atomic E-state index is -0.695. The molecule has 114 valence electrons. The van der Waals surface area contributed by atoms with E-state index in [9.17, 15) is 10.1 Å². The summed E-state index contributed by atoms with van der Waals surface area (Å²) in [6.07, 6.45) is 7.49. The maximum absolute atomic E-state index is 10.5. The topological polar surface area (TPSA) is 78.4 Å². The van der Waals surface area contributed by atoms with Gasteiger partial charge in [-0.2, -0.15) is 0 Å². The molecule has 0 amide bonds. The van der Waals surface area contributed by atoms with Crippen LogP contribution < -0.4 is 5.73 Å². The molecule has 0 aliphatic heterocycles. The van der Waals surface area contributed by atoms with Crippen LogP contribution in [-0.2, 0) is 4.84 Å². The second-order valence-corrected chi connectivity index (χ2v) is 7.53. The van der Waals surface area contributed by atoms with Crippen molar-refractivity contribution in [3.05, 3.63) is 21.8 Å². The van der Waals surface area contributed by atoms with Crippen LogP contribution in [0.4, 0.5) is 0 Å². The molecule has 3 atom stereocenters. The number of fused-ring (bicyclic) bond motifs is 2. The molecule has 2 rings (SSSR count). The average Bonchev–Trinajstić information content (AvgIpc) is 2.35. The standard InChI is InChI=1S/C15H26N2O3/c1-4-13(2)5-12-6-14(3,11-20-17(18)19)9-15(7-12,8-13)10-16/h6H,4-5,7-11,16H2,1-3H3. The van der Waals surface area contributed by atoms with Crippen molar-refractivity contribution < 1.29 is 9.92 Å². The van der Waals surface area contributed by atoms with Crippen molar-refractivity contribution in [1.29, 1.82) is 0 Å². The summed E-state index contributed by atoms with van der Waals surface area (Å²) >= 11 is 0. The first kappa shape index (κ1) is 15.3. The maximum atomic E-state index is 10.5. The van der Waals surface area contributed by atoms with Gasteiger partial charge in [0.15, 0.2) is 0 Å². The van der Waals surface area contributed by atoms with Gasteiger partial charge in [0.05, 0.1) is 0 Å². The molecule has 0 spiro atoms. The van der Waals surface area contributed by atoms with Crippen molar-refractivity contribution in [2.24, 2.45) is 22.0 Å². The molecule has 2 aliphatic rings. The number of hydrogen-bond donors (Lipinski definition) is 1. The molecule has 0 aromatic rings. The van der Waals surface area contributed by atoms with Crippen LogP contribution in [0.1, 0.15) is 52.9 Å². The first-order valence-corrected chi connectivity index (χ1v) is 7.42. The highest BCUT2D eigenvalue weighted by atomic mass is 16.9. The second kappa shape index (κ2) is 5.02. The predicted molar refractivity (Wildman–Crippen MR) is 77.5 cm³/mol. The number of nitrogens with zero attached hydrogens (tertiary/aromatic N) is 1. The van der Waals surface area contributed by atoms with E-state index in [1.54, 1.807) is 0 Å². The lowest BCUT2D eigenvalue weighted by Crippen LogP contribution is -2.47. The zero-order valence-corrected chi connectivity index (χ0v) is 12.8. The number of rotatable bonds is 5. The van der Waals surface area contributed by atoms with E-state index in [4.69, 9.17) is 5.73 Å². The number of hydrogen-bond acceptors (Lipinski definition) is 4. The lowest BCUT2D eigenvalue weighted by molar-refractivity contribution is -0.760. The van der Waals surface area contributed by atoms with Gasteiger partial charge in [-0.1, -0.05) is 38.8 Å². The fourth-order valence-electron chi connectivity index (χ4n) is 4.51. The summed E-state index contributed by atoms with van der Waals surface area (Å²) in [6, 6.07) is 0. The molecule has 0 saturated heterocycles. The van der Waals surface area contributed by atoms with Crippen molar-refractivity contribution >= 4 is 0 Å². The average molecular weight is 282 g/mol. The van der Waals surface area contributed by atoms with Crippen LogP contribution in [-0.4, -0.2) is 18.2 Å². The smallest absolute Gasteiger partial charge is 0.294 e. The molecule has 5 heteroatoms. The first-order chi connectivity index (χ1) is 9.24. The van der Waals surface area contributed by atoms with Crippen LogP contribution in [0.25, 0.3) is 0 Å². The van der Waals surface area contributed by atoms with Crippen LogP contribution >= 0.6 is 0 Å². The van der Waals surface area contributed by atoms with Gasteiger partial charge < -0.3 is 10.6 Å². The molecule has 1 saturated carbocycles. The molecule has 3 unspecified atom stereocenters. The molecule has 2 N–H and O–H groups in total. The van der Waals surface area contributed by atoms with Gasteiger partial charge >= 0.3 is 0 Å². The quantitative estimate of drug-likeness (QED) is 0.477. The Hall–Kier alpha value is -1.10. The Morgan fingerprint density at radius 2 is 2.10 bits per heavy atom. The normalized spacial score (nSPS) is 40.1.